The maximum Gasteiger partial charge on any atom is 0.305 e. The summed E-state index contributed by atoms with van der Waals surface area (Å²) in [6, 6.07) is 0. The molecule has 25 heavy (non-hydrogen) atoms. The molecule has 0 radical (unpaired) electrons. The molecule has 0 aromatic carbocycles. The quantitative estimate of drug-likeness (QED) is 0.459. The van der Waals surface area contributed by atoms with Crippen LogP contribution in [0.2, 0.25) is 0 Å². The first-order valence-corrected chi connectivity index (χ1v) is 7.37. The number of hydrogen-bond acceptors (Lipinski definition) is 10. The van der Waals surface area contributed by atoms with E-state index in [9.17, 15) is 19.2 Å². The summed E-state index contributed by atoms with van der Waals surface area (Å²) in [5, 5.41) is 0. The van der Waals surface area contributed by atoms with Crippen LogP contribution in [-0.4, -0.2) is 68.3 Å². The Morgan fingerprint density at radius 2 is 1.40 bits per heavy atom. The van der Waals surface area contributed by atoms with Crippen LogP contribution in [-0.2, 0) is 47.6 Å². The van der Waals surface area contributed by atoms with E-state index < -0.39 is 61.7 Å². The fraction of sp³-hybridized carbons (Fsp3) is 0.733. The fourth-order valence-corrected chi connectivity index (χ4v) is 2.31. The van der Waals surface area contributed by atoms with E-state index in [1.54, 1.807) is 0 Å². The summed E-state index contributed by atoms with van der Waals surface area (Å²) in [6.07, 6.45) is -6.14. The number of esters is 4. The molecule has 0 aromatic heterocycles. The van der Waals surface area contributed by atoms with Crippen molar-refractivity contribution < 1.29 is 49.0 Å². The highest BCUT2D eigenvalue weighted by Crippen LogP contribution is 2.29. The van der Waals surface area contributed by atoms with E-state index >= 15 is 0 Å². The summed E-state index contributed by atoms with van der Waals surface area (Å²) in [5.74, 6) is -2.80. The van der Waals surface area contributed by atoms with Gasteiger partial charge in [0.2, 0.25) is 12.4 Å². The van der Waals surface area contributed by atoms with E-state index in [0.717, 1.165) is 20.8 Å². The zero-order valence-corrected chi connectivity index (χ0v) is 14.4. The molecule has 0 amide bonds. The first-order valence-electron chi connectivity index (χ1n) is 8.07. The predicted molar refractivity (Wildman–Crippen MR) is 79.0 cm³/mol. The second-order valence-corrected chi connectivity index (χ2v) is 5.23. The highest BCUT2D eigenvalue weighted by atomic mass is 16.7. The molecule has 10 nitrogen and oxygen atoms in total. The van der Waals surface area contributed by atoms with E-state index in [-0.39, 0.29) is 6.61 Å². The molecule has 142 valence electrons. The molecule has 1 heterocycles. The Kier molecular flexibility index (Phi) is 7.14. The molecule has 1 saturated heterocycles. The minimum Gasteiger partial charge on any atom is -0.463 e. The summed E-state index contributed by atoms with van der Waals surface area (Å²) in [6.45, 7) is 4.21. The fourth-order valence-electron chi connectivity index (χ4n) is 2.31. The standard InChI is InChI=1S/C15H22O10/c1-7(16)21-6-11-12(20-5)13(22-8(2)17)14(23-9(3)18)15(25-11)24-10(4)19/h11-15H,6H2,1-5H3/t11-,12+,13+,14-,15?/m1/s1/i5D. The van der Waals surface area contributed by atoms with Gasteiger partial charge < -0.3 is 28.4 Å². The van der Waals surface area contributed by atoms with Crippen LogP contribution in [0.3, 0.4) is 0 Å². The van der Waals surface area contributed by atoms with Crippen LogP contribution in [0.25, 0.3) is 0 Å². The lowest BCUT2D eigenvalue weighted by Gasteiger charge is -2.43. The van der Waals surface area contributed by atoms with Crippen LogP contribution in [0.15, 0.2) is 0 Å². The molecule has 0 N–H and O–H groups in total. The molecule has 1 aliphatic rings. The zero-order valence-electron chi connectivity index (χ0n) is 15.4. The monoisotopic (exact) mass is 363 g/mol. The van der Waals surface area contributed by atoms with Gasteiger partial charge in [-0.25, -0.2) is 0 Å². The lowest BCUT2D eigenvalue weighted by molar-refractivity contribution is -0.301. The maximum atomic E-state index is 11.5. The van der Waals surface area contributed by atoms with Gasteiger partial charge in [-0.15, -0.1) is 0 Å². The first-order chi connectivity index (χ1) is 12.1. The zero-order chi connectivity index (χ0) is 19.9. The molecular formula is C15H22O10. The molecule has 1 unspecified atom stereocenters. The summed E-state index contributed by atoms with van der Waals surface area (Å²) in [7, 11) is -0.534. The van der Waals surface area contributed by atoms with E-state index in [2.05, 4.69) is 0 Å². The van der Waals surface area contributed by atoms with E-state index in [1.165, 1.54) is 6.92 Å². The number of hydrogen-bond donors (Lipinski definition) is 0. The number of ether oxygens (including phenoxy) is 6. The van der Waals surface area contributed by atoms with Crippen molar-refractivity contribution in [3.63, 3.8) is 0 Å². The van der Waals surface area contributed by atoms with Crippen molar-refractivity contribution in [3.8, 4) is 0 Å². The number of rotatable bonds is 6. The van der Waals surface area contributed by atoms with Crippen molar-refractivity contribution in [2.24, 2.45) is 0 Å². The highest BCUT2D eigenvalue weighted by Gasteiger charge is 2.52. The molecule has 0 aliphatic carbocycles. The number of carbonyl (C=O) groups is 4. The third kappa shape index (κ3) is 6.31. The molecular weight excluding hydrogens is 340 g/mol. The van der Waals surface area contributed by atoms with Crippen molar-refractivity contribution in [1.82, 2.24) is 0 Å². The Morgan fingerprint density at radius 1 is 0.840 bits per heavy atom. The summed E-state index contributed by atoms with van der Waals surface area (Å²) in [5.41, 5.74) is 0. The van der Waals surface area contributed by atoms with Crippen LogP contribution in [0.1, 0.15) is 29.1 Å². The minimum atomic E-state index is -1.42. The van der Waals surface area contributed by atoms with Crippen LogP contribution >= 0.6 is 0 Å². The van der Waals surface area contributed by atoms with E-state index in [0.29, 0.717) is 0 Å². The van der Waals surface area contributed by atoms with Crippen LogP contribution < -0.4 is 0 Å². The second-order valence-electron chi connectivity index (χ2n) is 5.23. The molecule has 1 fully saturated rings. The van der Waals surface area contributed by atoms with E-state index in [4.69, 9.17) is 29.8 Å². The smallest absolute Gasteiger partial charge is 0.305 e. The molecule has 1 aliphatic heterocycles. The number of carbonyl (C=O) groups excluding carboxylic acids is 4. The average molecular weight is 363 g/mol. The first kappa shape index (κ1) is 19.1. The van der Waals surface area contributed by atoms with Crippen molar-refractivity contribution in [2.75, 3.05) is 13.7 Å². The Balaban J connectivity index is 3.21. The largest absolute Gasteiger partial charge is 0.463 e. The molecule has 0 spiro atoms. The lowest BCUT2D eigenvalue weighted by atomic mass is 9.98. The van der Waals surface area contributed by atoms with Crippen molar-refractivity contribution >= 4 is 23.9 Å². The van der Waals surface area contributed by atoms with Crippen molar-refractivity contribution in [1.29, 1.82) is 0 Å². The Morgan fingerprint density at radius 3 is 1.88 bits per heavy atom. The highest BCUT2D eigenvalue weighted by molar-refractivity contribution is 5.68. The molecule has 1 rings (SSSR count). The third-order valence-corrected chi connectivity index (χ3v) is 3.12. The van der Waals surface area contributed by atoms with Gasteiger partial charge in [0.15, 0.2) is 6.10 Å². The van der Waals surface area contributed by atoms with Gasteiger partial charge in [0, 0.05) is 34.8 Å². The van der Waals surface area contributed by atoms with Crippen molar-refractivity contribution in [3.05, 3.63) is 0 Å². The van der Waals surface area contributed by atoms with Crippen LogP contribution in [0.4, 0.5) is 0 Å². The third-order valence-electron chi connectivity index (χ3n) is 3.12. The Bertz CT molecular complexity index is 537. The molecule has 0 bridgehead atoms. The second kappa shape index (κ2) is 9.33. The van der Waals surface area contributed by atoms with Gasteiger partial charge in [-0.05, 0) is 0 Å². The Labute approximate surface area is 146 Å². The topological polar surface area (TPSA) is 124 Å². The predicted octanol–water partition coefficient (Wildman–Crippen LogP) is -0.284. The van der Waals surface area contributed by atoms with Crippen molar-refractivity contribution in [2.45, 2.75) is 58.4 Å². The van der Waals surface area contributed by atoms with E-state index in [1.807, 2.05) is 0 Å². The van der Waals surface area contributed by atoms with Gasteiger partial charge in [-0.3, -0.25) is 19.2 Å². The van der Waals surface area contributed by atoms with Gasteiger partial charge in [0.25, 0.3) is 0 Å². The van der Waals surface area contributed by atoms with Gasteiger partial charge in [0.1, 0.15) is 18.8 Å². The minimum absolute atomic E-state index is 0.317. The van der Waals surface area contributed by atoms with Gasteiger partial charge in [-0.1, -0.05) is 0 Å². The summed E-state index contributed by atoms with van der Waals surface area (Å²) >= 11 is 0. The van der Waals surface area contributed by atoms with Gasteiger partial charge >= 0.3 is 23.9 Å². The van der Waals surface area contributed by atoms with Gasteiger partial charge in [0.05, 0.1) is 1.37 Å². The van der Waals surface area contributed by atoms with Crippen LogP contribution in [0, 0.1) is 0 Å². The SMILES string of the molecule is [2H]CO[C@@H]1[C@H](OC(C)=O)[C@@H](OC(C)=O)C(OC(C)=O)O[C@@H]1COC(C)=O. The van der Waals surface area contributed by atoms with Gasteiger partial charge in [-0.2, -0.15) is 0 Å². The molecule has 5 atom stereocenters. The average Bonchev–Trinajstić information content (AvgIpc) is 2.50. The molecule has 10 heteroatoms. The summed E-state index contributed by atoms with van der Waals surface area (Å²) < 4.78 is 38.2. The number of methoxy groups -OCH3 is 1. The maximum absolute atomic E-state index is 11.5. The van der Waals surface area contributed by atoms with Crippen LogP contribution in [0.5, 0.6) is 0 Å². The normalized spacial score (nSPS) is 29.1. The Hall–Kier alpha value is -2.20. The summed E-state index contributed by atoms with van der Waals surface area (Å²) in [4.78, 5) is 45.4. The molecule has 0 saturated carbocycles. The molecule has 0 aromatic rings. The lowest BCUT2D eigenvalue weighted by Crippen LogP contribution is -2.62.